The molecule has 0 aliphatic rings. The molecule has 8 nitrogen and oxygen atoms in total. The van der Waals surface area contributed by atoms with Gasteiger partial charge in [-0.25, -0.2) is 4.99 Å². The SMILES string of the molecule is C=C(N=C(CC)OC)c1cc(C)ccc1OC.CO.Cc1nnc(-c2ccncc2)o1. The van der Waals surface area contributed by atoms with Crippen molar-refractivity contribution >= 4 is 11.6 Å². The van der Waals surface area contributed by atoms with Gasteiger partial charge in [0.2, 0.25) is 11.8 Å². The summed E-state index contributed by atoms with van der Waals surface area (Å²) in [4.78, 5) is 8.24. The van der Waals surface area contributed by atoms with Crippen molar-refractivity contribution < 1.29 is 19.0 Å². The highest BCUT2D eigenvalue weighted by Crippen LogP contribution is 2.27. The lowest BCUT2D eigenvalue weighted by Crippen LogP contribution is -1.99. The third-order valence-corrected chi connectivity index (χ3v) is 3.92. The average molecular weight is 427 g/mol. The Morgan fingerprint density at radius 2 is 1.77 bits per heavy atom. The summed E-state index contributed by atoms with van der Waals surface area (Å²) in [6.07, 6.45) is 4.12. The number of hydrogen-bond donors (Lipinski definition) is 1. The summed E-state index contributed by atoms with van der Waals surface area (Å²) < 4.78 is 15.7. The first kappa shape index (κ1) is 25.5. The molecular formula is C23H30N4O4. The topological polar surface area (TPSA) is 103 Å². The molecule has 0 aliphatic carbocycles. The molecule has 1 N–H and O–H groups in total. The number of aromatic nitrogens is 3. The number of ether oxygens (including phenoxy) is 2. The highest BCUT2D eigenvalue weighted by atomic mass is 16.5. The molecular weight excluding hydrogens is 396 g/mol. The second-order valence-corrected chi connectivity index (χ2v) is 6.08. The zero-order valence-electron chi connectivity index (χ0n) is 18.9. The van der Waals surface area contributed by atoms with Crippen LogP contribution in [0.15, 0.2) is 58.7 Å². The van der Waals surface area contributed by atoms with Crippen molar-refractivity contribution in [3.05, 3.63) is 66.3 Å². The Balaban J connectivity index is 0.000000300. The normalized spacial score (nSPS) is 10.2. The molecule has 0 spiro atoms. The van der Waals surface area contributed by atoms with Crippen LogP contribution in [0, 0.1) is 13.8 Å². The van der Waals surface area contributed by atoms with E-state index in [0.29, 0.717) is 23.4 Å². The molecule has 0 bridgehead atoms. The third-order valence-electron chi connectivity index (χ3n) is 3.92. The van der Waals surface area contributed by atoms with E-state index in [2.05, 4.69) is 26.8 Å². The molecule has 0 saturated heterocycles. The van der Waals surface area contributed by atoms with Crippen molar-refractivity contribution in [1.29, 1.82) is 0 Å². The predicted octanol–water partition coefficient (Wildman–Crippen LogP) is 4.48. The summed E-state index contributed by atoms with van der Waals surface area (Å²) in [7, 11) is 4.26. The van der Waals surface area contributed by atoms with Gasteiger partial charge in [0, 0.05) is 44.0 Å². The van der Waals surface area contributed by atoms with Crippen molar-refractivity contribution in [2.45, 2.75) is 27.2 Å². The lowest BCUT2D eigenvalue weighted by molar-refractivity contribution is 0.392. The fourth-order valence-electron chi connectivity index (χ4n) is 2.43. The lowest BCUT2D eigenvalue weighted by Gasteiger charge is -2.10. The molecule has 3 rings (SSSR count). The molecule has 0 saturated carbocycles. The highest BCUT2D eigenvalue weighted by molar-refractivity contribution is 5.84. The van der Waals surface area contributed by atoms with Crippen molar-refractivity contribution in [2.24, 2.45) is 4.99 Å². The summed E-state index contributed by atoms with van der Waals surface area (Å²) in [5, 5.41) is 14.6. The number of pyridine rings is 1. The van der Waals surface area contributed by atoms with E-state index < -0.39 is 0 Å². The lowest BCUT2D eigenvalue weighted by atomic mass is 10.1. The summed E-state index contributed by atoms with van der Waals surface area (Å²) >= 11 is 0. The van der Waals surface area contributed by atoms with Crippen LogP contribution in [0.5, 0.6) is 5.75 Å². The quantitative estimate of drug-likeness (QED) is 0.474. The molecule has 8 heteroatoms. The van der Waals surface area contributed by atoms with Gasteiger partial charge in [0.15, 0.2) is 5.90 Å². The number of nitrogens with zero attached hydrogens (tertiary/aromatic N) is 4. The fourth-order valence-corrected chi connectivity index (χ4v) is 2.43. The molecule has 166 valence electrons. The maximum absolute atomic E-state index is 7.00. The smallest absolute Gasteiger partial charge is 0.247 e. The van der Waals surface area contributed by atoms with Crippen LogP contribution in [-0.2, 0) is 4.74 Å². The molecule has 3 aromatic rings. The van der Waals surface area contributed by atoms with Crippen LogP contribution in [0.1, 0.15) is 30.4 Å². The minimum absolute atomic E-state index is 0.537. The molecule has 0 atom stereocenters. The second kappa shape index (κ2) is 13.7. The van der Waals surface area contributed by atoms with Crippen molar-refractivity contribution in [3.8, 4) is 17.2 Å². The van der Waals surface area contributed by atoms with Crippen molar-refractivity contribution in [2.75, 3.05) is 21.3 Å². The van der Waals surface area contributed by atoms with Gasteiger partial charge in [-0.1, -0.05) is 25.1 Å². The third kappa shape index (κ3) is 8.02. The number of methoxy groups -OCH3 is 2. The first-order valence-electron chi connectivity index (χ1n) is 9.59. The Bertz CT molecular complexity index is 963. The monoisotopic (exact) mass is 426 g/mol. The summed E-state index contributed by atoms with van der Waals surface area (Å²) in [5.41, 5.74) is 3.60. The van der Waals surface area contributed by atoms with Gasteiger partial charge in [-0.05, 0) is 31.2 Å². The van der Waals surface area contributed by atoms with Crippen LogP contribution in [0.3, 0.4) is 0 Å². The Kier molecular flexibility index (Phi) is 11.2. The molecule has 31 heavy (non-hydrogen) atoms. The van der Waals surface area contributed by atoms with Crippen LogP contribution in [-0.4, -0.2) is 47.5 Å². The van der Waals surface area contributed by atoms with Gasteiger partial charge in [-0.15, -0.1) is 10.2 Å². The maximum atomic E-state index is 7.00. The van der Waals surface area contributed by atoms with E-state index in [9.17, 15) is 0 Å². The fraction of sp³-hybridized carbons (Fsp3) is 0.304. The maximum Gasteiger partial charge on any atom is 0.247 e. The molecule has 2 heterocycles. The average Bonchev–Trinajstić information content (AvgIpc) is 3.26. The Morgan fingerprint density at radius 3 is 2.29 bits per heavy atom. The van der Waals surface area contributed by atoms with Gasteiger partial charge in [0.1, 0.15) is 5.75 Å². The molecule has 0 unspecified atom stereocenters. The summed E-state index contributed by atoms with van der Waals surface area (Å²) in [6, 6.07) is 9.58. The van der Waals surface area contributed by atoms with E-state index in [1.165, 1.54) is 0 Å². The van der Waals surface area contributed by atoms with E-state index in [1.54, 1.807) is 33.5 Å². The zero-order chi connectivity index (χ0) is 23.2. The number of aliphatic imine (C=N–C) groups is 1. The van der Waals surface area contributed by atoms with E-state index in [0.717, 1.165) is 36.0 Å². The zero-order valence-corrected chi connectivity index (χ0v) is 18.9. The number of aliphatic hydroxyl groups excluding tert-OH is 1. The minimum Gasteiger partial charge on any atom is -0.496 e. The van der Waals surface area contributed by atoms with Crippen LogP contribution in [0.4, 0.5) is 0 Å². The summed E-state index contributed by atoms with van der Waals surface area (Å²) in [6.45, 7) is 9.74. The predicted molar refractivity (Wildman–Crippen MR) is 122 cm³/mol. The van der Waals surface area contributed by atoms with Crippen LogP contribution in [0.25, 0.3) is 17.2 Å². The van der Waals surface area contributed by atoms with Gasteiger partial charge >= 0.3 is 0 Å². The van der Waals surface area contributed by atoms with E-state index in [1.807, 2.05) is 44.2 Å². The van der Waals surface area contributed by atoms with E-state index in [-0.39, 0.29) is 0 Å². The number of benzene rings is 1. The van der Waals surface area contributed by atoms with Gasteiger partial charge in [-0.2, -0.15) is 0 Å². The van der Waals surface area contributed by atoms with Gasteiger partial charge < -0.3 is 19.0 Å². The number of rotatable bonds is 5. The molecule has 2 aromatic heterocycles. The minimum atomic E-state index is 0.537. The first-order chi connectivity index (χ1) is 15.0. The standard InChI is InChI=1S/C14H19NO2.C8H7N3O.CH4O/c1-6-14(17-5)15-11(3)12-9-10(2)7-8-13(12)16-4;1-6-10-11-8(12-6)7-2-4-9-5-3-7;1-2/h7-9H,3,6H2,1-2,4-5H3;2-5H,1H3;2H,1H3. The molecule has 0 radical (unpaired) electrons. The molecule has 0 aliphatic heterocycles. The number of hydrogen-bond acceptors (Lipinski definition) is 8. The Hall–Kier alpha value is -3.52. The first-order valence-corrected chi connectivity index (χ1v) is 9.59. The summed E-state index contributed by atoms with van der Waals surface area (Å²) in [5.74, 6) is 2.55. The number of aryl methyl sites for hydroxylation is 2. The van der Waals surface area contributed by atoms with Crippen LogP contribution >= 0.6 is 0 Å². The Labute approximate surface area is 183 Å². The van der Waals surface area contributed by atoms with E-state index >= 15 is 0 Å². The number of aliphatic hydroxyl groups is 1. The highest BCUT2D eigenvalue weighted by Gasteiger charge is 2.07. The van der Waals surface area contributed by atoms with Crippen molar-refractivity contribution in [3.63, 3.8) is 0 Å². The van der Waals surface area contributed by atoms with E-state index in [4.69, 9.17) is 19.0 Å². The van der Waals surface area contributed by atoms with Crippen LogP contribution < -0.4 is 4.74 Å². The van der Waals surface area contributed by atoms with Gasteiger partial charge in [0.05, 0.1) is 19.9 Å². The second-order valence-electron chi connectivity index (χ2n) is 6.08. The molecule has 0 amide bonds. The van der Waals surface area contributed by atoms with Gasteiger partial charge in [-0.3, -0.25) is 4.98 Å². The Morgan fingerprint density at radius 1 is 1.10 bits per heavy atom. The van der Waals surface area contributed by atoms with Crippen LogP contribution in [0.2, 0.25) is 0 Å². The molecule has 0 fully saturated rings. The largest absolute Gasteiger partial charge is 0.496 e. The molecule has 1 aromatic carbocycles. The van der Waals surface area contributed by atoms with Gasteiger partial charge in [0.25, 0.3) is 0 Å². The van der Waals surface area contributed by atoms with Crippen molar-refractivity contribution in [1.82, 2.24) is 15.2 Å².